The number of nitrogens with one attached hydrogen (secondary N) is 1. The molecule has 2 N–H and O–H groups in total. The van der Waals surface area contributed by atoms with E-state index < -0.39 is 5.60 Å². The zero-order valence-electron chi connectivity index (χ0n) is 7.79. The van der Waals surface area contributed by atoms with Gasteiger partial charge in [0.15, 0.2) is 0 Å². The summed E-state index contributed by atoms with van der Waals surface area (Å²) in [6.07, 6.45) is 5.03. The van der Waals surface area contributed by atoms with Crippen molar-refractivity contribution in [3.8, 4) is 0 Å². The lowest BCUT2D eigenvalue weighted by atomic mass is 9.86. The van der Waals surface area contributed by atoms with Crippen LogP contribution in [0, 0.1) is 0 Å². The van der Waals surface area contributed by atoms with Gasteiger partial charge in [-0.25, -0.2) is 0 Å². The van der Waals surface area contributed by atoms with E-state index >= 15 is 0 Å². The Morgan fingerprint density at radius 3 is 3.08 bits per heavy atom. The molecular weight excluding hydrogens is 166 g/mol. The number of rotatable bonds is 1. The van der Waals surface area contributed by atoms with Crippen molar-refractivity contribution >= 4 is 0 Å². The van der Waals surface area contributed by atoms with Gasteiger partial charge in [-0.2, -0.15) is 0 Å². The predicted octanol–water partition coefficient (Wildman–Crippen LogP) is 1.24. The zero-order chi connectivity index (χ0) is 9.31. The highest BCUT2D eigenvalue weighted by atomic mass is 16.3. The molecule has 0 spiro atoms. The first-order valence-electron chi connectivity index (χ1n) is 4.69. The van der Waals surface area contributed by atoms with E-state index in [-0.39, 0.29) is 0 Å². The Kier molecular flexibility index (Phi) is 2.14. The fourth-order valence-electron chi connectivity index (χ4n) is 1.76. The normalized spacial score (nSPS) is 34.8. The fourth-order valence-corrected chi connectivity index (χ4v) is 1.76. The molecule has 0 aromatic carbocycles. The Labute approximate surface area is 77.8 Å². The third-order valence-corrected chi connectivity index (χ3v) is 2.79. The molecule has 2 unspecified atom stereocenters. The summed E-state index contributed by atoms with van der Waals surface area (Å²) in [4.78, 5) is 0. The van der Waals surface area contributed by atoms with Crippen molar-refractivity contribution in [3.63, 3.8) is 0 Å². The van der Waals surface area contributed by atoms with Gasteiger partial charge in [-0.3, -0.25) is 0 Å². The summed E-state index contributed by atoms with van der Waals surface area (Å²) in [5.41, 5.74) is 0.159. The van der Waals surface area contributed by atoms with Crippen molar-refractivity contribution < 1.29 is 9.52 Å². The lowest BCUT2D eigenvalue weighted by Gasteiger charge is -2.34. The van der Waals surface area contributed by atoms with E-state index in [4.69, 9.17) is 4.42 Å². The molecule has 0 bridgehead atoms. The number of aliphatic hydroxyl groups is 1. The maximum atomic E-state index is 10.2. The Morgan fingerprint density at radius 2 is 2.54 bits per heavy atom. The van der Waals surface area contributed by atoms with E-state index in [1.54, 1.807) is 12.5 Å². The Bertz CT molecular complexity index is 260. The molecule has 1 fully saturated rings. The highest BCUT2D eigenvalue weighted by Gasteiger charge is 2.33. The molecule has 1 aliphatic heterocycles. The highest BCUT2D eigenvalue weighted by Crippen LogP contribution is 2.29. The molecule has 1 saturated heterocycles. The van der Waals surface area contributed by atoms with Gasteiger partial charge in [-0.1, -0.05) is 0 Å². The molecule has 3 nitrogen and oxygen atoms in total. The van der Waals surface area contributed by atoms with Crippen molar-refractivity contribution in [2.75, 3.05) is 6.54 Å². The first kappa shape index (κ1) is 8.78. The first-order chi connectivity index (χ1) is 6.21. The van der Waals surface area contributed by atoms with Crippen LogP contribution in [0.4, 0.5) is 0 Å². The number of furan rings is 1. The molecule has 0 aliphatic carbocycles. The van der Waals surface area contributed by atoms with Crippen LogP contribution in [0.3, 0.4) is 0 Å². The Hall–Kier alpha value is -0.800. The minimum Gasteiger partial charge on any atom is -0.472 e. The van der Waals surface area contributed by atoms with Gasteiger partial charge in [0.25, 0.3) is 0 Å². The summed E-state index contributed by atoms with van der Waals surface area (Å²) in [5.74, 6) is 0. The molecule has 13 heavy (non-hydrogen) atoms. The maximum Gasteiger partial charge on any atom is 0.105 e. The van der Waals surface area contributed by atoms with Gasteiger partial charge in [-0.05, 0) is 25.8 Å². The van der Waals surface area contributed by atoms with E-state index in [1.165, 1.54) is 0 Å². The SMILES string of the molecule is CC1CCC(O)(c2ccoc2)CN1. The van der Waals surface area contributed by atoms with Crippen LogP contribution in [-0.4, -0.2) is 17.7 Å². The van der Waals surface area contributed by atoms with Gasteiger partial charge < -0.3 is 14.8 Å². The van der Waals surface area contributed by atoms with Gasteiger partial charge in [-0.15, -0.1) is 0 Å². The van der Waals surface area contributed by atoms with Crippen molar-refractivity contribution in [2.24, 2.45) is 0 Å². The summed E-state index contributed by atoms with van der Waals surface area (Å²) in [7, 11) is 0. The van der Waals surface area contributed by atoms with Gasteiger partial charge in [0.1, 0.15) is 5.60 Å². The van der Waals surface area contributed by atoms with Crippen LogP contribution in [0.2, 0.25) is 0 Å². The average Bonchev–Trinajstić information content (AvgIpc) is 2.63. The summed E-state index contributed by atoms with van der Waals surface area (Å²) in [6.45, 7) is 2.75. The molecule has 72 valence electrons. The van der Waals surface area contributed by atoms with E-state index in [2.05, 4.69) is 12.2 Å². The molecule has 1 aromatic rings. The summed E-state index contributed by atoms with van der Waals surface area (Å²) in [5, 5.41) is 13.5. The van der Waals surface area contributed by atoms with Crippen LogP contribution in [-0.2, 0) is 5.60 Å². The van der Waals surface area contributed by atoms with Gasteiger partial charge >= 0.3 is 0 Å². The topological polar surface area (TPSA) is 45.4 Å². The lowest BCUT2D eigenvalue weighted by Crippen LogP contribution is -2.47. The summed E-state index contributed by atoms with van der Waals surface area (Å²) >= 11 is 0. The minimum atomic E-state index is -0.723. The second-order valence-corrected chi connectivity index (χ2v) is 3.86. The fraction of sp³-hybridized carbons (Fsp3) is 0.600. The molecule has 3 heteroatoms. The van der Waals surface area contributed by atoms with Gasteiger partial charge in [0.2, 0.25) is 0 Å². The lowest BCUT2D eigenvalue weighted by molar-refractivity contribution is 0.00322. The van der Waals surface area contributed by atoms with Crippen LogP contribution < -0.4 is 5.32 Å². The van der Waals surface area contributed by atoms with Crippen LogP contribution in [0.1, 0.15) is 25.3 Å². The quantitative estimate of drug-likeness (QED) is 0.685. The minimum absolute atomic E-state index is 0.507. The third-order valence-electron chi connectivity index (χ3n) is 2.79. The second-order valence-electron chi connectivity index (χ2n) is 3.86. The number of piperidine rings is 1. The zero-order valence-corrected chi connectivity index (χ0v) is 7.79. The molecule has 0 radical (unpaired) electrons. The van der Waals surface area contributed by atoms with Gasteiger partial charge in [0, 0.05) is 18.2 Å². The molecule has 1 aliphatic rings. The van der Waals surface area contributed by atoms with E-state index in [0.717, 1.165) is 18.4 Å². The van der Waals surface area contributed by atoms with Gasteiger partial charge in [0.05, 0.1) is 12.5 Å². The molecule has 0 saturated carbocycles. The van der Waals surface area contributed by atoms with Crippen LogP contribution in [0.15, 0.2) is 23.0 Å². The molecule has 2 rings (SSSR count). The van der Waals surface area contributed by atoms with E-state index in [9.17, 15) is 5.11 Å². The van der Waals surface area contributed by atoms with E-state index in [0.29, 0.717) is 12.6 Å². The van der Waals surface area contributed by atoms with E-state index in [1.807, 2.05) is 6.07 Å². The van der Waals surface area contributed by atoms with Crippen LogP contribution in [0.5, 0.6) is 0 Å². The number of hydrogen-bond acceptors (Lipinski definition) is 3. The van der Waals surface area contributed by atoms with Crippen LogP contribution in [0.25, 0.3) is 0 Å². The number of hydrogen-bond donors (Lipinski definition) is 2. The van der Waals surface area contributed by atoms with Crippen LogP contribution >= 0.6 is 0 Å². The predicted molar refractivity (Wildman–Crippen MR) is 49.3 cm³/mol. The monoisotopic (exact) mass is 181 g/mol. The highest BCUT2D eigenvalue weighted by molar-refractivity contribution is 5.17. The Balaban J connectivity index is 2.13. The average molecular weight is 181 g/mol. The van der Waals surface area contributed by atoms with Crippen molar-refractivity contribution in [2.45, 2.75) is 31.4 Å². The summed E-state index contributed by atoms with van der Waals surface area (Å²) in [6, 6.07) is 2.34. The maximum absolute atomic E-state index is 10.2. The molecule has 2 heterocycles. The Morgan fingerprint density at radius 1 is 1.69 bits per heavy atom. The van der Waals surface area contributed by atoms with Crippen molar-refractivity contribution in [1.29, 1.82) is 0 Å². The smallest absolute Gasteiger partial charge is 0.105 e. The molecular formula is C10H15NO2. The molecule has 2 atom stereocenters. The van der Waals surface area contributed by atoms with Crippen molar-refractivity contribution in [3.05, 3.63) is 24.2 Å². The number of β-amino-alcohol motifs (C(OH)–C–C–N with tert-alkyl or cyclic N) is 1. The second kappa shape index (κ2) is 3.16. The third kappa shape index (κ3) is 1.62. The van der Waals surface area contributed by atoms with Crippen molar-refractivity contribution in [1.82, 2.24) is 5.32 Å². The first-order valence-corrected chi connectivity index (χ1v) is 4.69. The standard InChI is InChI=1S/C10H15NO2/c1-8-2-4-10(12,7-11-8)9-3-5-13-6-9/h3,5-6,8,11-12H,2,4,7H2,1H3. The summed E-state index contributed by atoms with van der Waals surface area (Å²) < 4.78 is 4.97. The molecule has 0 amide bonds. The largest absolute Gasteiger partial charge is 0.472 e. The molecule has 1 aromatic heterocycles.